The van der Waals surface area contributed by atoms with Crippen molar-refractivity contribution in [1.29, 1.82) is 0 Å². The first-order valence-corrected chi connectivity index (χ1v) is 10.1. The van der Waals surface area contributed by atoms with Crippen LogP contribution in [0.1, 0.15) is 40.7 Å². The fourth-order valence-electron chi connectivity index (χ4n) is 5.02. The van der Waals surface area contributed by atoms with Crippen molar-refractivity contribution >= 4 is 5.91 Å². The van der Waals surface area contributed by atoms with Crippen molar-refractivity contribution in [3.63, 3.8) is 0 Å². The second-order valence-electron chi connectivity index (χ2n) is 8.01. The van der Waals surface area contributed by atoms with Gasteiger partial charge in [0.1, 0.15) is 6.10 Å². The monoisotopic (exact) mass is 392 g/mol. The largest absolute Gasteiger partial charge is 0.493 e. The average Bonchev–Trinajstić information content (AvgIpc) is 3.06. The summed E-state index contributed by atoms with van der Waals surface area (Å²) >= 11 is 0. The lowest BCUT2D eigenvalue weighted by atomic mass is 9.67. The van der Waals surface area contributed by atoms with Crippen molar-refractivity contribution in [3.8, 4) is 11.5 Å². The molecule has 5 rings (SSSR count). The molecule has 0 unspecified atom stereocenters. The number of methoxy groups -OCH3 is 1. The molecule has 1 aromatic carbocycles. The van der Waals surface area contributed by atoms with Crippen molar-refractivity contribution in [1.82, 2.24) is 9.88 Å². The van der Waals surface area contributed by atoms with Crippen molar-refractivity contribution in [2.75, 3.05) is 13.7 Å². The van der Waals surface area contributed by atoms with Crippen LogP contribution in [0.3, 0.4) is 0 Å². The van der Waals surface area contributed by atoms with E-state index in [0.717, 1.165) is 29.7 Å². The van der Waals surface area contributed by atoms with Gasteiger partial charge in [-0.1, -0.05) is 18.2 Å². The molecule has 3 aliphatic rings. The molecule has 0 fully saturated rings. The predicted molar refractivity (Wildman–Crippen MR) is 107 cm³/mol. The van der Waals surface area contributed by atoms with Crippen LogP contribution in [0.4, 0.5) is 0 Å². The van der Waals surface area contributed by atoms with Gasteiger partial charge in [-0.25, -0.2) is 0 Å². The lowest BCUT2D eigenvalue weighted by molar-refractivity contribution is 0.0691. The molecular weight excluding hydrogens is 368 g/mol. The number of aliphatic hydroxyl groups is 1. The van der Waals surface area contributed by atoms with Crippen LogP contribution in [0.25, 0.3) is 0 Å². The van der Waals surface area contributed by atoms with Crippen molar-refractivity contribution < 1.29 is 19.4 Å². The Bertz CT molecular complexity index is 974. The number of ether oxygens (including phenoxy) is 2. The molecule has 29 heavy (non-hydrogen) atoms. The van der Waals surface area contributed by atoms with Crippen LogP contribution in [0.15, 0.2) is 48.8 Å². The normalized spacial score (nSPS) is 27.3. The second-order valence-corrected chi connectivity index (χ2v) is 8.01. The zero-order valence-corrected chi connectivity index (χ0v) is 16.4. The molecule has 1 aliphatic carbocycles. The minimum atomic E-state index is -0.497. The maximum atomic E-state index is 13.1. The van der Waals surface area contributed by atoms with Crippen molar-refractivity contribution in [2.45, 2.75) is 43.4 Å². The van der Waals surface area contributed by atoms with Gasteiger partial charge >= 0.3 is 0 Å². The van der Waals surface area contributed by atoms with E-state index in [4.69, 9.17) is 9.47 Å². The van der Waals surface area contributed by atoms with E-state index in [1.165, 1.54) is 0 Å². The number of aliphatic hydroxyl groups excluding tert-OH is 1. The lowest BCUT2D eigenvalue weighted by Crippen LogP contribution is -2.44. The summed E-state index contributed by atoms with van der Waals surface area (Å²) in [5.41, 5.74) is 2.50. The highest BCUT2D eigenvalue weighted by Crippen LogP contribution is 2.55. The third-order valence-electron chi connectivity index (χ3n) is 6.37. The lowest BCUT2D eigenvalue weighted by Gasteiger charge is -2.39. The molecule has 0 saturated heterocycles. The van der Waals surface area contributed by atoms with E-state index < -0.39 is 6.10 Å². The Morgan fingerprint density at radius 2 is 2.28 bits per heavy atom. The summed E-state index contributed by atoms with van der Waals surface area (Å²) in [4.78, 5) is 19.1. The van der Waals surface area contributed by atoms with Crippen LogP contribution in [-0.4, -0.2) is 46.8 Å². The Morgan fingerprint density at radius 1 is 1.38 bits per heavy atom. The van der Waals surface area contributed by atoms with E-state index in [-0.39, 0.29) is 17.4 Å². The molecule has 6 heteroatoms. The third-order valence-corrected chi connectivity index (χ3v) is 6.37. The van der Waals surface area contributed by atoms with Gasteiger partial charge in [-0.05, 0) is 36.6 Å². The smallest absolute Gasteiger partial charge is 0.255 e. The van der Waals surface area contributed by atoms with Crippen molar-refractivity contribution in [3.05, 3.63) is 65.5 Å². The van der Waals surface area contributed by atoms with Gasteiger partial charge in [0, 0.05) is 37.5 Å². The zero-order valence-electron chi connectivity index (χ0n) is 16.4. The van der Waals surface area contributed by atoms with Crippen LogP contribution in [0, 0.1) is 0 Å². The number of hydrogen-bond donors (Lipinski definition) is 1. The van der Waals surface area contributed by atoms with E-state index in [9.17, 15) is 9.90 Å². The predicted octanol–water partition coefficient (Wildman–Crippen LogP) is 2.85. The van der Waals surface area contributed by atoms with E-state index in [1.807, 2.05) is 23.1 Å². The van der Waals surface area contributed by atoms with Gasteiger partial charge in [0.05, 0.1) is 24.2 Å². The fraction of sp³-hybridized carbons (Fsp3) is 0.391. The molecule has 6 nitrogen and oxygen atoms in total. The summed E-state index contributed by atoms with van der Waals surface area (Å²) in [6, 6.07) is 7.54. The molecule has 2 aromatic rings. The Kier molecular flexibility index (Phi) is 4.32. The molecule has 1 N–H and O–H groups in total. The van der Waals surface area contributed by atoms with E-state index in [2.05, 4.69) is 11.1 Å². The topological polar surface area (TPSA) is 71.9 Å². The summed E-state index contributed by atoms with van der Waals surface area (Å²) in [6.45, 7) is 1.17. The molecule has 3 atom stereocenters. The van der Waals surface area contributed by atoms with E-state index in [1.54, 1.807) is 31.6 Å². The Labute approximate surface area is 169 Å². The van der Waals surface area contributed by atoms with Crippen LogP contribution in [0.5, 0.6) is 11.5 Å². The van der Waals surface area contributed by atoms with Gasteiger partial charge in [0.15, 0.2) is 11.5 Å². The highest BCUT2D eigenvalue weighted by atomic mass is 16.5. The number of hydrogen-bond acceptors (Lipinski definition) is 5. The van der Waals surface area contributed by atoms with Gasteiger partial charge in [-0.3, -0.25) is 9.78 Å². The first-order chi connectivity index (χ1) is 14.1. The number of nitrogens with zero attached hydrogens (tertiary/aromatic N) is 2. The first-order valence-electron chi connectivity index (χ1n) is 10.1. The zero-order chi connectivity index (χ0) is 20.0. The third kappa shape index (κ3) is 2.82. The Morgan fingerprint density at radius 3 is 3.07 bits per heavy atom. The van der Waals surface area contributed by atoms with Gasteiger partial charge < -0.3 is 19.5 Å². The average molecular weight is 392 g/mol. The molecule has 1 aromatic heterocycles. The summed E-state index contributed by atoms with van der Waals surface area (Å²) < 4.78 is 11.9. The molecule has 0 radical (unpaired) electrons. The van der Waals surface area contributed by atoms with Crippen LogP contribution < -0.4 is 9.47 Å². The highest BCUT2D eigenvalue weighted by molar-refractivity contribution is 5.94. The van der Waals surface area contributed by atoms with Crippen LogP contribution >= 0.6 is 0 Å². The molecule has 0 saturated carbocycles. The minimum absolute atomic E-state index is 0.0105. The molecule has 150 valence electrons. The maximum absolute atomic E-state index is 13.1. The molecule has 2 aliphatic heterocycles. The Hall–Kier alpha value is -2.86. The highest BCUT2D eigenvalue weighted by Gasteiger charge is 2.52. The number of carbonyl (C=O) groups excluding carboxylic acids is 1. The maximum Gasteiger partial charge on any atom is 0.255 e. The summed E-state index contributed by atoms with van der Waals surface area (Å²) in [5.74, 6) is 1.44. The van der Waals surface area contributed by atoms with Gasteiger partial charge in [0.25, 0.3) is 5.91 Å². The summed E-state index contributed by atoms with van der Waals surface area (Å²) in [6.07, 6.45) is 8.95. The Balaban J connectivity index is 1.59. The van der Waals surface area contributed by atoms with Gasteiger partial charge in [-0.2, -0.15) is 0 Å². The number of aromatic nitrogens is 1. The number of benzene rings is 1. The second kappa shape index (κ2) is 6.88. The standard InChI is InChI=1S/C23H24N2O4/c1-28-18-6-5-16-14-25(22(27)15-4-2-10-24-13-15)11-3-8-23-9-7-17(26)12-19(23)29-21(18)20(16)23/h2,4-7,9-10,13,17,19,26H,3,8,11-12,14H2,1H3/t17-,19-,23+/m0/s1. The van der Waals surface area contributed by atoms with E-state index in [0.29, 0.717) is 30.8 Å². The van der Waals surface area contributed by atoms with Crippen LogP contribution in [0.2, 0.25) is 0 Å². The molecule has 1 spiro atoms. The number of rotatable bonds is 2. The number of pyridine rings is 1. The number of amides is 1. The van der Waals surface area contributed by atoms with Crippen molar-refractivity contribution in [2.24, 2.45) is 0 Å². The SMILES string of the molecule is COc1ccc2c3c1O[C@H]1C[C@@H](O)C=C[C@@]31CCCN(C(=O)c1cccnc1)C2. The number of carbonyl (C=O) groups is 1. The molecule has 0 bridgehead atoms. The van der Waals surface area contributed by atoms with E-state index >= 15 is 0 Å². The van der Waals surface area contributed by atoms with Crippen LogP contribution in [-0.2, 0) is 12.0 Å². The summed E-state index contributed by atoms with van der Waals surface area (Å²) in [7, 11) is 1.64. The summed E-state index contributed by atoms with van der Waals surface area (Å²) in [5, 5.41) is 10.2. The minimum Gasteiger partial charge on any atom is -0.493 e. The molecular formula is C23H24N2O4. The first kappa shape index (κ1) is 18.2. The van der Waals surface area contributed by atoms with Gasteiger partial charge in [-0.15, -0.1) is 0 Å². The van der Waals surface area contributed by atoms with Gasteiger partial charge in [0.2, 0.25) is 0 Å². The quantitative estimate of drug-likeness (QED) is 0.796. The fourth-order valence-corrected chi connectivity index (χ4v) is 5.02. The molecule has 3 heterocycles. The molecule has 1 amide bonds.